The second kappa shape index (κ2) is 18.9. The maximum atomic E-state index is 14.4. The number of aliphatic hydroxyl groups is 12. The Kier molecular flexibility index (Phi) is 14.1. The highest BCUT2D eigenvalue weighted by atomic mass is 16.8. The minimum absolute atomic E-state index is 0.0617. The van der Waals surface area contributed by atoms with Gasteiger partial charge < -0.3 is 114 Å². The van der Waals surface area contributed by atoms with E-state index in [1.165, 1.54) is 38.1 Å². The monoisotopic (exact) mass is 902 g/mol. The third-order valence-electron chi connectivity index (χ3n) is 11.3. The zero-order valence-corrected chi connectivity index (χ0v) is 33.3. The second-order valence-corrected chi connectivity index (χ2v) is 15.7. The SMILES string of the molecule is C[C@@H]1O[C@@H](OC[C@H]2O[C@@H](O[C@H]3[C@H](Oc4c(-c5ccc(O)cc5)oc5cc(O[C@@H]6O[C@@H](C)[C@H](O)[C@@H](O)[C@H]6O)cc(O)c5c4=O)O[C@H](CO)[C@@H](O)[C@@H]3O)[C@H](O)[C@@H](O)[C@@H]2O)[C@H](O)[C@H](O)[C@H]1O. The molecule has 0 radical (unpaired) electrons. The Balaban J connectivity index is 1.20. The number of aliphatic hydroxyl groups excluding tert-OH is 12. The Morgan fingerprint density at radius 1 is 0.587 bits per heavy atom. The van der Waals surface area contributed by atoms with Crippen molar-refractivity contribution in [1.29, 1.82) is 0 Å². The normalized spacial score (nSPS) is 41.0. The number of rotatable bonds is 11. The average Bonchev–Trinajstić information content (AvgIpc) is 3.25. The lowest BCUT2D eigenvalue weighted by molar-refractivity contribution is -0.364. The second-order valence-electron chi connectivity index (χ2n) is 15.7. The first kappa shape index (κ1) is 47.1. The van der Waals surface area contributed by atoms with E-state index in [2.05, 4.69) is 0 Å². The van der Waals surface area contributed by atoms with Crippen molar-refractivity contribution in [2.75, 3.05) is 13.2 Å². The molecule has 4 aliphatic rings. The number of benzene rings is 2. The quantitative estimate of drug-likeness (QED) is 0.0856. The highest BCUT2D eigenvalue weighted by molar-refractivity contribution is 5.88. The number of ether oxygens (including phenoxy) is 8. The van der Waals surface area contributed by atoms with E-state index in [4.69, 9.17) is 42.3 Å². The average molecular weight is 903 g/mol. The van der Waals surface area contributed by atoms with Gasteiger partial charge in [-0.1, -0.05) is 0 Å². The maximum absolute atomic E-state index is 14.4. The van der Waals surface area contributed by atoms with E-state index in [9.17, 15) is 76.3 Å². The molecule has 14 N–H and O–H groups in total. The van der Waals surface area contributed by atoms with Crippen molar-refractivity contribution in [2.24, 2.45) is 0 Å². The van der Waals surface area contributed by atoms with Crippen LogP contribution in [0.15, 0.2) is 45.6 Å². The molecule has 0 spiro atoms. The molecule has 0 saturated carbocycles. The van der Waals surface area contributed by atoms with Crippen molar-refractivity contribution in [3.63, 3.8) is 0 Å². The molecule has 0 amide bonds. The minimum atomic E-state index is -2.09. The first-order valence-electron chi connectivity index (χ1n) is 19.8. The van der Waals surface area contributed by atoms with Crippen molar-refractivity contribution in [3.05, 3.63) is 46.6 Å². The predicted octanol–water partition coefficient (Wildman–Crippen LogP) is -5.07. The summed E-state index contributed by atoms with van der Waals surface area (Å²) in [5, 5.41) is 147. The first-order chi connectivity index (χ1) is 29.8. The summed E-state index contributed by atoms with van der Waals surface area (Å²) in [6.07, 6.45) is -34.1. The number of aromatic hydroxyl groups is 2. The van der Waals surface area contributed by atoms with Crippen LogP contribution >= 0.6 is 0 Å². The van der Waals surface area contributed by atoms with Crippen LogP contribution in [0, 0.1) is 0 Å². The Labute approximate surface area is 355 Å². The van der Waals surface area contributed by atoms with Gasteiger partial charge in [-0.15, -0.1) is 0 Å². The van der Waals surface area contributed by atoms with Gasteiger partial charge in [0, 0.05) is 17.7 Å². The molecule has 4 fully saturated rings. The van der Waals surface area contributed by atoms with Gasteiger partial charge in [-0.2, -0.15) is 0 Å². The van der Waals surface area contributed by atoms with Gasteiger partial charge in [0.1, 0.15) is 108 Å². The zero-order valence-electron chi connectivity index (χ0n) is 33.3. The van der Waals surface area contributed by atoms with E-state index in [0.29, 0.717) is 0 Å². The van der Waals surface area contributed by atoms with E-state index >= 15 is 0 Å². The summed E-state index contributed by atoms with van der Waals surface area (Å²) in [5.74, 6) is -2.36. The van der Waals surface area contributed by atoms with Gasteiger partial charge in [0.05, 0.1) is 25.4 Å². The van der Waals surface area contributed by atoms with Crippen LogP contribution in [-0.4, -0.2) is 208 Å². The number of hydrogen-bond donors (Lipinski definition) is 14. The molecule has 7 rings (SSSR count). The molecule has 24 heteroatoms. The van der Waals surface area contributed by atoms with Gasteiger partial charge in [0.2, 0.25) is 23.8 Å². The molecule has 4 saturated heterocycles. The summed E-state index contributed by atoms with van der Waals surface area (Å²) in [6, 6.07) is 7.13. The first-order valence-corrected chi connectivity index (χ1v) is 19.8. The van der Waals surface area contributed by atoms with Gasteiger partial charge in [-0.3, -0.25) is 4.79 Å². The summed E-state index contributed by atoms with van der Waals surface area (Å²) >= 11 is 0. The van der Waals surface area contributed by atoms with Crippen LogP contribution in [0.4, 0.5) is 0 Å². The van der Waals surface area contributed by atoms with Crippen LogP contribution in [0.5, 0.6) is 23.0 Å². The van der Waals surface area contributed by atoms with Crippen molar-refractivity contribution < 1.29 is 114 Å². The molecule has 3 aromatic rings. The van der Waals surface area contributed by atoms with Crippen molar-refractivity contribution in [3.8, 4) is 34.3 Å². The third-order valence-corrected chi connectivity index (χ3v) is 11.3. The molecule has 20 atom stereocenters. The fourth-order valence-corrected chi connectivity index (χ4v) is 7.56. The molecule has 0 aliphatic carbocycles. The molecule has 1 aromatic heterocycles. The van der Waals surface area contributed by atoms with Crippen LogP contribution in [0.1, 0.15) is 13.8 Å². The van der Waals surface area contributed by atoms with Crippen LogP contribution < -0.4 is 14.9 Å². The van der Waals surface area contributed by atoms with E-state index in [1.807, 2.05) is 0 Å². The summed E-state index contributed by atoms with van der Waals surface area (Å²) in [4.78, 5) is 14.4. The van der Waals surface area contributed by atoms with Gasteiger partial charge in [0.15, 0.2) is 24.4 Å². The minimum Gasteiger partial charge on any atom is -0.508 e. The maximum Gasteiger partial charge on any atom is 0.239 e. The summed E-state index contributed by atoms with van der Waals surface area (Å²) < 4.78 is 51.5. The molecule has 5 heterocycles. The molecular formula is C39H50O24. The summed E-state index contributed by atoms with van der Waals surface area (Å²) in [5.41, 5.74) is -1.39. The van der Waals surface area contributed by atoms with Crippen molar-refractivity contribution in [1.82, 2.24) is 0 Å². The predicted molar refractivity (Wildman–Crippen MR) is 202 cm³/mol. The lowest BCUT2D eigenvalue weighted by atomic mass is 9.97. The Morgan fingerprint density at radius 3 is 1.78 bits per heavy atom. The van der Waals surface area contributed by atoms with Crippen LogP contribution in [0.25, 0.3) is 22.3 Å². The van der Waals surface area contributed by atoms with Gasteiger partial charge >= 0.3 is 0 Å². The van der Waals surface area contributed by atoms with Gasteiger partial charge in [0.25, 0.3) is 0 Å². The Bertz CT molecular complexity index is 2090. The summed E-state index contributed by atoms with van der Waals surface area (Å²) in [6.45, 7) is 1.19. The molecule has 2 aromatic carbocycles. The molecule has 24 nitrogen and oxygen atoms in total. The Hall–Kier alpha value is -3.87. The number of phenols is 2. The topological polar surface area (TPSA) is 387 Å². The number of hydrogen-bond acceptors (Lipinski definition) is 24. The van der Waals surface area contributed by atoms with E-state index < -0.39 is 164 Å². The zero-order chi connectivity index (χ0) is 45.8. The Morgan fingerprint density at radius 2 is 1.14 bits per heavy atom. The van der Waals surface area contributed by atoms with Crippen LogP contribution in [0.3, 0.4) is 0 Å². The largest absolute Gasteiger partial charge is 0.508 e. The molecule has 350 valence electrons. The lowest BCUT2D eigenvalue weighted by Crippen LogP contribution is -2.65. The standard InChI is InChI=1S/C39H50O24/c1-11-21(43)26(48)30(52)36(56-11)55-10-19-24(46)28(50)32(54)38(61-19)63-35-29(51)23(45)18(9-40)60-39(35)62-34-25(47)20-16(42)7-15(58-37-31(53)27(49)22(44)12(2)57-37)8-17(20)59-33(34)13-3-5-14(41)6-4-13/h3-8,11-12,18-19,21-24,26-32,35-46,48-54H,9-10H2,1-2H3/t11-,12-,18+,19+,21-,22-,23+,24+,26+,27+,28-,29-,30+,31+,32+,35+,36+,37-,38-,39-/m0/s1. The molecule has 4 aliphatic heterocycles. The van der Waals surface area contributed by atoms with Crippen molar-refractivity contribution >= 4 is 11.0 Å². The lowest BCUT2D eigenvalue weighted by Gasteiger charge is -2.46. The summed E-state index contributed by atoms with van der Waals surface area (Å²) in [7, 11) is 0. The van der Waals surface area contributed by atoms with E-state index in [1.54, 1.807) is 0 Å². The highest BCUT2D eigenvalue weighted by Gasteiger charge is 2.53. The van der Waals surface area contributed by atoms with Crippen LogP contribution in [-0.2, 0) is 28.4 Å². The highest BCUT2D eigenvalue weighted by Crippen LogP contribution is 2.39. The third kappa shape index (κ3) is 9.19. The fraction of sp³-hybridized carbons (Fsp3) is 0.615. The molecule has 0 bridgehead atoms. The van der Waals surface area contributed by atoms with Crippen LogP contribution in [0.2, 0.25) is 0 Å². The molecule has 0 unspecified atom stereocenters. The van der Waals surface area contributed by atoms with E-state index in [-0.39, 0.29) is 22.6 Å². The fourth-order valence-electron chi connectivity index (χ4n) is 7.56. The van der Waals surface area contributed by atoms with Gasteiger partial charge in [-0.05, 0) is 38.1 Å². The number of fused-ring (bicyclic) bond motifs is 1. The smallest absolute Gasteiger partial charge is 0.239 e. The number of phenolic OH excluding ortho intramolecular Hbond substituents is 2. The van der Waals surface area contributed by atoms with E-state index in [0.717, 1.165) is 12.1 Å². The van der Waals surface area contributed by atoms with Gasteiger partial charge in [-0.25, -0.2) is 0 Å². The molecular weight excluding hydrogens is 852 g/mol. The van der Waals surface area contributed by atoms with Crippen molar-refractivity contribution in [2.45, 2.75) is 137 Å². The molecule has 63 heavy (non-hydrogen) atoms.